The lowest BCUT2D eigenvalue weighted by atomic mass is 9.78. The van der Waals surface area contributed by atoms with Crippen molar-refractivity contribution in [1.82, 2.24) is 4.90 Å². The maximum Gasteiger partial charge on any atom is 0.120 e. The number of fused-ring (bicyclic) bond motifs is 1. The average molecular weight is 348 g/mol. The van der Waals surface area contributed by atoms with Crippen molar-refractivity contribution >= 4 is 12.0 Å². The minimum atomic E-state index is 0.372. The van der Waals surface area contributed by atoms with Gasteiger partial charge in [0.05, 0.1) is 0 Å². The van der Waals surface area contributed by atoms with E-state index in [1.165, 1.54) is 35.2 Å². The molecular formula is C23H28N2O. The van der Waals surface area contributed by atoms with E-state index in [1.54, 1.807) is 0 Å². The molecule has 2 heterocycles. The first-order valence-corrected chi connectivity index (χ1v) is 9.90. The van der Waals surface area contributed by atoms with Crippen LogP contribution >= 0.6 is 0 Å². The molecule has 1 unspecified atom stereocenters. The van der Waals surface area contributed by atoms with Gasteiger partial charge in [-0.25, -0.2) is 0 Å². The van der Waals surface area contributed by atoms with E-state index in [-0.39, 0.29) is 0 Å². The van der Waals surface area contributed by atoms with E-state index in [0.717, 1.165) is 38.9 Å². The molecule has 1 atom stereocenters. The molecule has 3 heteroatoms. The first-order chi connectivity index (χ1) is 12.8. The quantitative estimate of drug-likeness (QED) is 0.793. The molecule has 2 aromatic rings. The second-order valence-electron chi connectivity index (χ2n) is 7.70. The van der Waals surface area contributed by atoms with E-state index in [1.807, 2.05) is 0 Å². The van der Waals surface area contributed by atoms with Crippen molar-refractivity contribution in [2.75, 3.05) is 25.0 Å². The number of hydrogen-bond acceptors (Lipinski definition) is 3. The Bertz CT molecular complexity index is 735. The molecule has 1 N–H and O–H groups in total. The zero-order valence-corrected chi connectivity index (χ0v) is 15.4. The predicted molar refractivity (Wildman–Crippen MR) is 107 cm³/mol. The van der Waals surface area contributed by atoms with Crippen LogP contribution in [0.2, 0.25) is 0 Å². The van der Waals surface area contributed by atoms with Gasteiger partial charge in [0.15, 0.2) is 0 Å². The number of nitrogens with one attached hydrogen (secondary N) is 1. The minimum Gasteiger partial charge on any atom is -0.384 e. The molecule has 2 aliphatic rings. The summed E-state index contributed by atoms with van der Waals surface area (Å²) in [6.07, 6.45) is 5.23. The Morgan fingerprint density at radius 1 is 1.12 bits per heavy atom. The Hall–Kier alpha value is -2.13. The summed E-state index contributed by atoms with van der Waals surface area (Å²) in [5, 5.41) is 3.43. The Morgan fingerprint density at radius 2 is 1.92 bits per heavy atom. The van der Waals surface area contributed by atoms with Gasteiger partial charge in [0.25, 0.3) is 0 Å². The lowest BCUT2D eigenvalue weighted by Crippen LogP contribution is -2.35. The second-order valence-corrected chi connectivity index (χ2v) is 7.70. The van der Waals surface area contributed by atoms with Crippen LogP contribution in [0.3, 0.4) is 0 Å². The van der Waals surface area contributed by atoms with E-state index in [2.05, 4.69) is 58.7 Å². The average Bonchev–Trinajstić information content (AvgIpc) is 3.15. The molecule has 0 amide bonds. The fourth-order valence-corrected chi connectivity index (χ4v) is 4.61. The van der Waals surface area contributed by atoms with Crippen LogP contribution < -0.4 is 5.32 Å². The molecule has 26 heavy (non-hydrogen) atoms. The molecule has 0 saturated carbocycles. The standard InChI is InChI=1S/C23H28N2O/c26-15-11-22(20-6-7-23-21(16-20)8-12-24-23)19-9-13-25(14-10-19)17-18-4-2-1-3-5-18/h1-7,15-16,19,22,24H,8-14,17H2. The maximum absolute atomic E-state index is 11.3. The Balaban J connectivity index is 1.41. The summed E-state index contributed by atoms with van der Waals surface area (Å²) in [7, 11) is 0. The molecule has 136 valence electrons. The molecular weight excluding hydrogens is 320 g/mol. The predicted octanol–water partition coefficient (Wildman–Crippen LogP) is 4.24. The first kappa shape index (κ1) is 17.3. The molecule has 1 fully saturated rings. The molecule has 0 aromatic heterocycles. The number of piperidine rings is 1. The van der Waals surface area contributed by atoms with Crippen molar-refractivity contribution in [2.45, 2.75) is 38.1 Å². The fourth-order valence-electron chi connectivity index (χ4n) is 4.61. The van der Waals surface area contributed by atoms with Gasteiger partial charge in [-0.3, -0.25) is 4.90 Å². The van der Waals surface area contributed by atoms with Crippen LogP contribution in [-0.2, 0) is 17.8 Å². The molecule has 2 aromatic carbocycles. The fraction of sp³-hybridized carbons (Fsp3) is 0.435. The van der Waals surface area contributed by atoms with Crippen LogP contribution in [0.15, 0.2) is 48.5 Å². The smallest absolute Gasteiger partial charge is 0.120 e. The summed E-state index contributed by atoms with van der Waals surface area (Å²) in [5.74, 6) is 0.983. The van der Waals surface area contributed by atoms with Gasteiger partial charge in [0, 0.05) is 25.2 Å². The number of benzene rings is 2. The number of rotatable bonds is 6. The number of carbonyl (C=O) groups is 1. The lowest BCUT2D eigenvalue weighted by molar-refractivity contribution is -0.108. The van der Waals surface area contributed by atoms with Gasteiger partial charge >= 0.3 is 0 Å². The van der Waals surface area contributed by atoms with Crippen LogP contribution in [0.4, 0.5) is 5.69 Å². The van der Waals surface area contributed by atoms with Crippen molar-refractivity contribution in [3.63, 3.8) is 0 Å². The highest BCUT2D eigenvalue weighted by molar-refractivity contribution is 5.58. The Kier molecular flexibility index (Phi) is 5.35. The van der Waals surface area contributed by atoms with Gasteiger partial charge in [0.2, 0.25) is 0 Å². The van der Waals surface area contributed by atoms with Crippen LogP contribution in [0.1, 0.15) is 41.9 Å². The summed E-state index contributed by atoms with van der Waals surface area (Å²) < 4.78 is 0. The zero-order chi connectivity index (χ0) is 17.8. The number of nitrogens with zero attached hydrogens (tertiary/aromatic N) is 1. The van der Waals surface area contributed by atoms with Gasteiger partial charge < -0.3 is 10.1 Å². The van der Waals surface area contributed by atoms with Crippen LogP contribution in [-0.4, -0.2) is 30.8 Å². The van der Waals surface area contributed by atoms with Gasteiger partial charge in [0.1, 0.15) is 6.29 Å². The van der Waals surface area contributed by atoms with Crippen LogP contribution in [0.5, 0.6) is 0 Å². The number of hydrogen-bond donors (Lipinski definition) is 1. The number of carbonyl (C=O) groups excluding carboxylic acids is 1. The maximum atomic E-state index is 11.3. The van der Waals surface area contributed by atoms with Gasteiger partial charge in [-0.05, 0) is 66.9 Å². The van der Waals surface area contributed by atoms with Crippen molar-refractivity contribution < 1.29 is 4.79 Å². The van der Waals surface area contributed by atoms with Crippen molar-refractivity contribution in [2.24, 2.45) is 5.92 Å². The molecule has 0 spiro atoms. The number of anilines is 1. The minimum absolute atomic E-state index is 0.372. The highest BCUT2D eigenvalue weighted by Crippen LogP contribution is 2.37. The van der Waals surface area contributed by atoms with E-state index < -0.39 is 0 Å². The number of aldehydes is 1. The molecule has 0 radical (unpaired) electrons. The molecule has 0 aliphatic carbocycles. The zero-order valence-electron chi connectivity index (χ0n) is 15.4. The third kappa shape index (κ3) is 3.83. The van der Waals surface area contributed by atoms with E-state index in [9.17, 15) is 4.79 Å². The Morgan fingerprint density at radius 3 is 2.69 bits per heavy atom. The normalized spacial score (nSPS) is 18.9. The molecule has 4 rings (SSSR count). The summed E-state index contributed by atoms with van der Waals surface area (Å²) in [5.41, 5.74) is 5.44. The third-order valence-corrected chi connectivity index (χ3v) is 6.07. The lowest BCUT2D eigenvalue weighted by Gasteiger charge is -2.36. The summed E-state index contributed by atoms with van der Waals surface area (Å²) in [4.78, 5) is 13.9. The van der Waals surface area contributed by atoms with E-state index in [4.69, 9.17) is 0 Å². The molecule has 1 saturated heterocycles. The SMILES string of the molecule is O=CCC(c1ccc2c(c1)CCN2)C1CCN(Cc2ccccc2)CC1. The molecule has 3 nitrogen and oxygen atoms in total. The van der Waals surface area contributed by atoms with E-state index in [0.29, 0.717) is 18.3 Å². The largest absolute Gasteiger partial charge is 0.384 e. The third-order valence-electron chi connectivity index (χ3n) is 6.07. The van der Waals surface area contributed by atoms with Gasteiger partial charge in [-0.2, -0.15) is 0 Å². The van der Waals surface area contributed by atoms with Gasteiger partial charge in [-0.1, -0.05) is 42.5 Å². The second kappa shape index (κ2) is 8.05. The van der Waals surface area contributed by atoms with Crippen LogP contribution in [0.25, 0.3) is 0 Å². The van der Waals surface area contributed by atoms with Crippen molar-refractivity contribution in [3.05, 3.63) is 65.2 Å². The summed E-state index contributed by atoms with van der Waals surface area (Å²) in [6, 6.07) is 17.5. The monoisotopic (exact) mass is 348 g/mol. The van der Waals surface area contributed by atoms with E-state index >= 15 is 0 Å². The first-order valence-electron chi connectivity index (χ1n) is 9.90. The van der Waals surface area contributed by atoms with Crippen LogP contribution in [0, 0.1) is 5.92 Å². The summed E-state index contributed by atoms with van der Waals surface area (Å²) in [6.45, 7) is 4.33. The Labute approximate surface area is 156 Å². The number of likely N-dealkylation sites (tertiary alicyclic amines) is 1. The van der Waals surface area contributed by atoms with Gasteiger partial charge in [-0.15, -0.1) is 0 Å². The highest BCUT2D eigenvalue weighted by Gasteiger charge is 2.28. The van der Waals surface area contributed by atoms with Crippen molar-refractivity contribution in [3.8, 4) is 0 Å². The summed E-state index contributed by atoms with van der Waals surface area (Å²) >= 11 is 0. The van der Waals surface area contributed by atoms with Crippen molar-refractivity contribution in [1.29, 1.82) is 0 Å². The topological polar surface area (TPSA) is 32.3 Å². The molecule has 0 bridgehead atoms. The highest BCUT2D eigenvalue weighted by atomic mass is 16.1. The molecule has 2 aliphatic heterocycles.